The fraction of sp³-hybridized carbons (Fsp3) is 0.562. The number of aryl methyl sites for hydroxylation is 1. The van der Waals surface area contributed by atoms with Crippen molar-refractivity contribution < 1.29 is 14.6 Å². The van der Waals surface area contributed by atoms with Crippen molar-refractivity contribution in [3.8, 4) is 5.75 Å². The summed E-state index contributed by atoms with van der Waals surface area (Å²) in [6.07, 6.45) is 3.56. The number of rotatable bonds is 9. The third-order valence-corrected chi connectivity index (χ3v) is 3.80. The van der Waals surface area contributed by atoms with Crippen molar-refractivity contribution in [2.45, 2.75) is 32.6 Å². The van der Waals surface area contributed by atoms with Crippen LogP contribution in [0.25, 0.3) is 0 Å². The monoisotopic (exact) mass is 279 g/mol. The van der Waals surface area contributed by atoms with Gasteiger partial charge in [0.1, 0.15) is 5.75 Å². The van der Waals surface area contributed by atoms with Crippen molar-refractivity contribution in [2.24, 2.45) is 17.6 Å². The van der Waals surface area contributed by atoms with Crippen LogP contribution in [0.5, 0.6) is 5.75 Å². The molecule has 0 aliphatic heterocycles. The van der Waals surface area contributed by atoms with Crippen LogP contribution >= 0.6 is 0 Å². The number of hydrogen-bond donors (Lipinski definition) is 2. The highest BCUT2D eigenvalue weighted by molar-refractivity contribution is 5.70. The zero-order valence-corrected chi connectivity index (χ0v) is 12.3. The van der Waals surface area contributed by atoms with Crippen molar-refractivity contribution in [3.05, 3.63) is 29.8 Å². The van der Waals surface area contributed by atoms with Crippen LogP contribution in [0.4, 0.5) is 0 Å². The van der Waals surface area contributed by atoms with E-state index in [1.54, 1.807) is 7.11 Å². The van der Waals surface area contributed by atoms with Crippen molar-refractivity contribution in [1.82, 2.24) is 0 Å². The van der Waals surface area contributed by atoms with E-state index in [0.717, 1.165) is 25.0 Å². The first-order valence-corrected chi connectivity index (χ1v) is 7.16. The van der Waals surface area contributed by atoms with Gasteiger partial charge in [-0.3, -0.25) is 4.79 Å². The summed E-state index contributed by atoms with van der Waals surface area (Å²) < 4.78 is 5.21. The number of nitrogens with two attached hydrogens (primary N) is 1. The normalized spacial score (nSPS) is 13.8. The van der Waals surface area contributed by atoms with Crippen LogP contribution in [0.2, 0.25) is 0 Å². The molecule has 20 heavy (non-hydrogen) atoms. The maximum atomic E-state index is 11.0. The second-order valence-corrected chi connectivity index (χ2v) is 5.17. The minimum Gasteiger partial charge on any atom is -0.497 e. The Balaban J connectivity index is 2.53. The minimum absolute atomic E-state index is 0.213. The maximum absolute atomic E-state index is 11.0. The van der Waals surface area contributed by atoms with E-state index in [9.17, 15) is 4.79 Å². The molecular formula is C16H25NO3. The molecule has 1 rings (SSSR count). The van der Waals surface area contributed by atoms with Crippen molar-refractivity contribution in [1.29, 1.82) is 0 Å². The molecule has 1 aromatic rings. The van der Waals surface area contributed by atoms with Gasteiger partial charge in [-0.05, 0) is 42.9 Å². The van der Waals surface area contributed by atoms with Crippen molar-refractivity contribution in [2.75, 3.05) is 13.7 Å². The van der Waals surface area contributed by atoms with Crippen molar-refractivity contribution >= 4 is 5.97 Å². The Morgan fingerprint density at radius 1 is 1.45 bits per heavy atom. The van der Waals surface area contributed by atoms with Crippen LogP contribution in [0.15, 0.2) is 24.3 Å². The quantitative estimate of drug-likeness (QED) is 0.729. The molecule has 4 heteroatoms. The first-order chi connectivity index (χ1) is 9.60. The first kappa shape index (κ1) is 16.5. The highest BCUT2D eigenvalue weighted by Crippen LogP contribution is 2.22. The standard InChI is InChI=1S/C16H25NO3/c1-3-12(9-14(11-17)16(18)19)7-8-13-5-4-6-15(10-13)20-2/h4-6,10,12,14H,3,7-9,11,17H2,1-2H3,(H,18,19). The molecule has 0 aromatic heterocycles. The van der Waals surface area contributed by atoms with Gasteiger partial charge < -0.3 is 15.6 Å². The number of benzene rings is 1. The molecule has 0 amide bonds. The molecule has 112 valence electrons. The van der Waals surface area contributed by atoms with Crippen LogP contribution in [-0.4, -0.2) is 24.7 Å². The molecule has 2 unspecified atom stereocenters. The van der Waals surface area contributed by atoms with Gasteiger partial charge in [-0.15, -0.1) is 0 Å². The molecule has 0 heterocycles. The lowest BCUT2D eigenvalue weighted by Gasteiger charge is -2.19. The lowest BCUT2D eigenvalue weighted by atomic mass is 9.88. The summed E-state index contributed by atoms with van der Waals surface area (Å²) in [6, 6.07) is 8.02. The van der Waals surface area contributed by atoms with Gasteiger partial charge in [0.15, 0.2) is 0 Å². The van der Waals surface area contributed by atoms with Gasteiger partial charge >= 0.3 is 5.97 Å². The summed E-state index contributed by atoms with van der Waals surface area (Å²) in [5.41, 5.74) is 6.75. The van der Waals surface area contributed by atoms with Crippen LogP contribution in [-0.2, 0) is 11.2 Å². The molecule has 0 saturated carbocycles. The number of methoxy groups -OCH3 is 1. The molecular weight excluding hydrogens is 254 g/mol. The zero-order chi connectivity index (χ0) is 15.0. The second kappa shape index (κ2) is 8.59. The summed E-state index contributed by atoms with van der Waals surface area (Å²) in [4.78, 5) is 11.0. The first-order valence-electron chi connectivity index (χ1n) is 7.16. The van der Waals surface area contributed by atoms with Gasteiger partial charge in [-0.2, -0.15) is 0 Å². The lowest BCUT2D eigenvalue weighted by Crippen LogP contribution is -2.25. The zero-order valence-electron chi connectivity index (χ0n) is 12.3. The highest BCUT2D eigenvalue weighted by atomic mass is 16.5. The molecule has 0 aliphatic carbocycles. The topological polar surface area (TPSA) is 72.5 Å². The van der Waals surface area contributed by atoms with E-state index in [-0.39, 0.29) is 6.54 Å². The van der Waals surface area contributed by atoms with Crippen LogP contribution in [0, 0.1) is 11.8 Å². The third kappa shape index (κ3) is 5.21. The van der Waals surface area contributed by atoms with Crippen LogP contribution in [0.1, 0.15) is 31.7 Å². The van der Waals surface area contributed by atoms with E-state index in [4.69, 9.17) is 15.6 Å². The second-order valence-electron chi connectivity index (χ2n) is 5.17. The molecule has 3 N–H and O–H groups in total. The number of carboxylic acid groups (broad SMARTS) is 1. The van der Waals surface area contributed by atoms with Crippen LogP contribution in [0.3, 0.4) is 0 Å². The molecule has 0 saturated heterocycles. The number of ether oxygens (including phenoxy) is 1. The molecule has 0 spiro atoms. The fourth-order valence-electron chi connectivity index (χ4n) is 2.39. The molecule has 0 aliphatic rings. The molecule has 2 atom stereocenters. The predicted octanol–water partition coefficient (Wildman–Crippen LogP) is 2.70. The van der Waals surface area contributed by atoms with Crippen molar-refractivity contribution in [3.63, 3.8) is 0 Å². The minimum atomic E-state index is -0.785. The van der Waals surface area contributed by atoms with Gasteiger partial charge in [0.25, 0.3) is 0 Å². The Kier molecular flexibility index (Phi) is 7.09. The van der Waals surface area contributed by atoms with E-state index in [1.807, 2.05) is 18.2 Å². The number of hydrogen-bond acceptors (Lipinski definition) is 3. The van der Waals surface area contributed by atoms with E-state index in [2.05, 4.69) is 13.0 Å². The van der Waals surface area contributed by atoms with E-state index in [1.165, 1.54) is 5.56 Å². The Labute approximate surface area is 120 Å². The number of aliphatic carboxylic acids is 1. The Morgan fingerprint density at radius 2 is 2.20 bits per heavy atom. The highest BCUT2D eigenvalue weighted by Gasteiger charge is 2.20. The SMILES string of the molecule is CCC(CCc1cccc(OC)c1)CC(CN)C(=O)O. The fourth-order valence-corrected chi connectivity index (χ4v) is 2.39. The average molecular weight is 279 g/mol. The maximum Gasteiger partial charge on any atom is 0.307 e. The number of carboxylic acids is 1. The molecule has 0 fully saturated rings. The summed E-state index contributed by atoms with van der Waals surface area (Å²) in [5.74, 6) is 0.0457. The largest absolute Gasteiger partial charge is 0.497 e. The van der Waals surface area contributed by atoms with Gasteiger partial charge in [0.05, 0.1) is 13.0 Å². The summed E-state index contributed by atoms with van der Waals surface area (Å²) >= 11 is 0. The van der Waals surface area contributed by atoms with Gasteiger partial charge in [-0.1, -0.05) is 25.5 Å². The molecule has 1 aromatic carbocycles. The molecule has 4 nitrogen and oxygen atoms in total. The van der Waals surface area contributed by atoms with E-state index >= 15 is 0 Å². The Hall–Kier alpha value is -1.55. The summed E-state index contributed by atoms with van der Waals surface area (Å²) in [5, 5.41) is 9.07. The van der Waals surface area contributed by atoms with Gasteiger partial charge in [0.2, 0.25) is 0 Å². The average Bonchev–Trinajstić information content (AvgIpc) is 2.47. The summed E-state index contributed by atoms with van der Waals surface area (Å²) in [6.45, 7) is 2.32. The summed E-state index contributed by atoms with van der Waals surface area (Å²) in [7, 11) is 1.66. The lowest BCUT2D eigenvalue weighted by molar-refractivity contribution is -0.142. The Bertz CT molecular complexity index is 420. The smallest absolute Gasteiger partial charge is 0.307 e. The molecule has 0 radical (unpaired) electrons. The van der Waals surface area contributed by atoms with Crippen LogP contribution < -0.4 is 10.5 Å². The number of carbonyl (C=O) groups is 1. The van der Waals surface area contributed by atoms with E-state index in [0.29, 0.717) is 12.3 Å². The van der Waals surface area contributed by atoms with Gasteiger partial charge in [-0.25, -0.2) is 0 Å². The molecule has 0 bridgehead atoms. The van der Waals surface area contributed by atoms with E-state index < -0.39 is 11.9 Å². The Morgan fingerprint density at radius 3 is 2.75 bits per heavy atom. The third-order valence-electron chi connectivity index (χ3n) is 3.80. The predicted molar refractivity (Wildman–Crippen MR) is 79.9 cm³/mol. The van der Waals surface area contributed by atoms with Gasteiger partial charge in [0, 0.05) is 6.54 Å².